The molecule has 0 spiro atoms. The van der Waals surface area contributed by atoms with Gasteiger partial charge in [-0.15, -0.1) is 0 Å². The standard InChI is InChI=1S/C28H29ClN4O3/c1-27(2)14-19(15-28(3,4)33-27)32-26(35)18-8-9-24(22(29)12-18)36-23-7-5-6-20(21(23)16-30)17-10-11-31-25(34)13-17/h5-13,19,33H,14-15H2,1-4H3,(H,31,34)(H,32,35). The van der Waals surface area contributed by atoms with Gasteiger partial charge in [0, 0.05) is 40.5 Å². The van der Waals surface area contributed by atoms with Crippen LogP contribution in [-0.2, 0) is 0 Å². The van der Waals surface area contributed by atoms with Crippen LogP contribution in [0.1, 0.15) is 56.5 Å². The summed E-state index contributed by atoms with van der Waals surface area (Å²) in [4.78, 5) is 27.3. The highest BCUT2D eigenvalue weighted by Gasteiger charge is 2.38. The molecule has 1 aliphatic heterocycles. The van der Waals surface area contributed by atoms with Gasteiger partial charge in [0.05, 0.1) is 5.02 Å². The van der Waals surface area contributed by atoms with E-state index in [9.17, 15) is 14.9 Å². The molecule has 2 heterocycles. The second kappa shape index (κ2) is 9.81. The summed E-state index contributed by atoms with van der Waals surface area (Å²) in [6.07, 6.45) is 3.16. The van der Waals surface area contributed by atoms with Gasteiger partial charge in [0.2, 0.25) is 5.56 Å². The summed E-state index contributed by atoms with van der Waals surface area (Å²) >= 11 is 6.49. The Morgan fingerprint density at radius 2 is 1.81 bits per heavy atom. The van der Waals surface area contributed by atoms with Crippen LogP contribution in [0.15, 0.2) is 59.5 Å². The zero-order valence-electron chi connectivity index (χ0n) is 20.7. The molecule has 0 unspecified atom stereocenters. The molecule has 0 saturated carbocycles. The zero-order chi connectivity index (χ0) is 26.1. The van der Waals surface area contributed by atoms with Gasteiger partial charge in [-0.2, -0.15) is 5.26 Å². The number of aromatic amines is 1. The summed E-state index contributed by atoms with van der Waals surface area (Å²) in [5.74, 6) is 0.418. The Kier molecular flexibility index (Phi) is 6.94. The number of aromatic nitrogens is 1. The summed E-state index contributed by atoms with van der Waals surface area (Å²) in [6.45, 7) is 8.54. The molecule has 36 heavy (non-hydrogen) atoms. The molecule has 4 rings (SSSR count). The maximum atomic E-state index is 13.0. The van der Waals surface area contributed by atoms with Crippen molar-refractivity contribution in [3.63, 3.8) is 0 Å². The van der Waals surface area contributed by atoms with Crippen molar-refractivity contribution >= 4 is 17.5 Å². The molecular weight excluding hydrogens is 476 g/mol. The average Bonchev–Trinajstić information content (AvgIpc) is 2.78. The number of nitrogens with zero attached hydrogens (tertiary/aromatic N) is 1. The van der Waals surface area contributed by atoms with Gasteiger partial charge in [-0.1, -0.05) is 23.7 Å². The lowest BCUT2D eigenvalue weighted by atomic mass is 9.79. The third-order valence-corrected chi connectivity index (χ3v) is 6.46. The van der Waals surface area contributed by atoms with Crippen molar-refractivity contribution in [2.24, 2.45) is 0 Å². The molecule has 3 N–H and O–H groups in total. The smallest absolute Gasteiger partial charge is 0.251 e. The number of pyridine rings is 1. The van der Waals surface area contributed by atoms with Crippen LogP contribution < -0.4 is 20.9 Å². The number of nitriles is 1. The Bertz CT molecular complexity index is 1390. The highest BCUT2D eigenvalue weighted by Crippen LogP contribution is 2.36. The normalized spacial score (nSPS) is 16.7. The van der Waals surface area contributed by atoms with Crippen LogP contribution in [0.5, 0.6) is 11.5 Å². The number of carbonyl (C=O) groups excluding carboxylic acids is 1. The van der Waals surface area contributed by atoms with E-state index in [1.165, 1.54) is 12.3 Å². The number of nitrogens with one attached hydrogen (secondary N) is 3. The number of rotatable bonds is 5. The molecule has 7 nitrogen and oxygen atoms in total. The summed E-state index contributed by atoms with van der Waals surface area (Å²) in [7, 11) is 0. The Labute approximate surface area is 215 Å². The highest BCUT2D eigenvalue weighted by molar-refractivity contribution is 6.32. The van der Waals surface area contributed by atoms with Gasteiger partial charge < -0.3 is 20.4 Å². The first-order valence-electron chi connectivity index (χ1n) is 11.8. The lowest BCUT2D eigenvalue weighted by Crippen LogP contribution is -2.62. The topological polar surface area (TPSA) is 107 Å². The van der Waals surface area contributed by atoms with E-state index in [2.05, 4.69) is 49.4 Å². The number of halogens is 1. The van der Waals surface area contributed by atoms with E-state index >= 15 is 0 Å². The minimum atomic E-state index is -0.267. The monoisotopic (exact) mass is 504 g/mol. The van der Waals surface area contributed by atoms with Crippen LogP contribution in [0.4, 0.5) is 0 Å². The van der Waals surface area contributed by atoms with E-state index in [0.717, 1.165) is 12.8 Å². The predicted octanol–water partition coefficient (Wildman–Crippen LogP) is 5.40. The minimum absolute atomic E-state index is 0.0320. The summed E-state index contributed by atoms with van der Waals surface area (Å²) in [5.41, 5.74) is 1.43. The van der Waals surface area contributed by atoms with Crippen molar-refractivity contribution < 1.29 is 9.53 Å². The van der Waals surface area contributed by atoms with Gasteiger partial charge in [0.15, 0.2) is 0 Å². The molecule has 186 valence electrons. The predicted molar refractivity (Wildman–Crippen MR) is 141 cm³/mol. The molecule has 0 aliphatic carbocycles. The van der Waals surface area contributed by atoms with E-state index in [1.807, 2.05) is 0 Å². The highest BCUT2D eigenvalue weighted by atomic mass is 35.5. The van der Waals surface area contributed by atoms with Gasteiger partial charge in [0.25, 0.3) is 5.91 Å². The minimum Gasteiger partial charge on any atom is -0.454 e. The fourth-order valence-corrected chi connectivity index (χ4v) is 5.34. The van der Waals surface area contributed by atoms with Crippen LogP contribution in [0.25, 0.3) is 11.1 Å². The average molecular weight is 505 g/mol. The molecule has 1 saturated heterocycles. The van der Waals surface area contributed by atoms with Crippen molar-refractivity contribution in [3.05, 3.63) is 81.2 Å². The lowest BCUT2D eigenvalue weighted by molar-refractivity contribution is 0.0873. The van der Waals surface area contributed by atoms with Gasteiger partial charge in [-0.05, 0) is 76.4 Å². The lowest BCUT2D eigenvalue weighted by Gasteiger charge is -2.46. The van der Waals surface area contributed by atoms with E-state index in [-0.39, 0.29) is 39.2 Å². The van der Waals surface area contributed by atoms with Crippen LogP contribution in [0, 0.1) is 11.3 Å². The summed E-state index contributed by atoms with van der Waals surface area (Å²) in [6, 6.07) is 15.3. The molecule has 3 aromatic rings. The molecule has 1 amide bonds. The maximum absolute atomic E-state index is 13.0. The molecule has 0 bridgehead atoms. The summed E-state index contributed by atoms with van der Waals surface area (Å²) < 4.78 is 5.98. The van der Waals surface area contributed by atoms with Crippen LogP contribution >= 0.6 is 11.6 Å². The molecule has 0 radical (unpaired) electrons. The molecule has 8 heteroatoms. The maximum Gasteiger partial charge on any atom is 0.251 e. The first-order valence-corrected chi connectivity index (χ1v) is 12.1. The third-order valence-electron chi connectivity index (χ3n) is 6.16. The molecule has 0 atom stereocenters. The third kappa shape index (κ3) is 5.78. The van der Waals surface area contributed by atoms with Crippen LogP contribution in [-0.4, -0.2) is 28.0 Å². The SMILES string of the molecule is CC1(C)CC(NC(=O)c2ccc(Oc3cccc(-c4cc[nH]c(=O)c4)c3C#N)c(Cl)c2)CC(C)(C)N1. The molecule has 1 fully saturated rings. The van der Waals surface area contributed by atoms with Crippen LogP contribution in [0.2, 0.25) is 5.02 Å². The molecule has 2 aromatic carbocycles. The summed E-state index contributed by atoms with van der Waals surface area (Å²) in [5, 5.41) is 16.8. The van der Waals surface area contributed by atoms with Crippen LogP contribution in [0.3, 0.4) is 0 Å². The van der Waals surface area contributed by atoms with Crippen molar-refractivity contribution in [2.75, 3.05) is 0 Å². The molecule has 1 aromatic heterocycles. The number of piperidine rings is 1. The fourth-order valence-electron chi connectivity index (χ4n) is 5.12. The van der Waals surface area contributed by atoms with Gasteiger partial charge in [-0.3, -0.25) is 9.59 Å². The van der Waals surface area contributed by atoms with Crippen molar-refractivity contribution in [2.45, 2.75) is 57.7 Å². The number of hydrogen-bond donors (Lipinski definition) is 3. The number of H-pyrrole nitrogens is 1. The second-order valence-electron chi connectivity index (χ2n) is 10.5. The van der Waals surface area contributed by atoms with Gasteiger partial charge in [0.1, 0.15) is 23.1 Å². The quantitative estimate of drug-likeness (QED) is 0.431. The molecular formula is C28H29ClN4O3. The van der Waals surface area contributed by atoms with Crippen molar-refractivity contribution in [1.29, 1.82) is 5.26 Å². The van der Waals surface area contributed by atoms with Crippen molar-refractivity contribution in [1.82, 2.24) is 15.6 Å². The molecule has 1 aliphatic rings. The number of amides is 1. The van der Waals surface area contributed by atoms with Gasteiger partial charge >= 0.3 is 0 Å². The number of ether oxygens (including phenoxy) is 1. The largest absolute Gasteiger partial charge is 0.454 e. The number of carbonyl (C=O) groups is 1. The van der Waals surface area contributed by atoms with E-state index < -0.39 is 0 Å². The Morgan fingerprint density at radius 1 is 1.08 bits per heavy atom. The van der Waals surface area contributed by atoms with E-state index in [4.69, 9.17) is 16.3 Å². The Balaban J connectivity index is 1.54. The second-order valence-corrected chi connectivity index (χ2v) is 10.9. The number of hydrogen-bond acceptors (Lipinski definition) is 5. The fraction of sp³-hybridized carbons (Fsp3) is 0.321. The Morgan fingerprint density at radius 3 is 2.44 bits per heavy atom. The van der Waals surface area contributed by atoms with E-state index in [1.54, 1.807) is 42.5 Å². The zero-order valence-corrected chi connectivity index (χ0v) is 21.5. The van der Waals surface area contributed by atoms with Crippen molar-refractivity contribution in [3.8, 4) is 28.7 Å². The Hall–Kier alpha value is -3.60. The first kappa shape index (κ1) is 25.5. The number of benzene rings is 2. The first-order chi connectivity index (χ1) is 17.0. The van der Waals surface area contributed by atoms with E-state index in [0.29, 0.717) is 28.2 Å². The van der Waals surface area contributed by atoms with Gasteiger partial charge in [-0.25, -0.2) is 0 Å².